The first-order valence-electron chi connectivity index (χ1n) is 6.42. The zero-order valence-corrected chi connectivity index (χ0v) is 10.9. The minimum atomic E-state index is 0.634. The van der Waals surface area contributed by atoms with Gasteiger partial charge in [0.05, 0.1) is 0 Å². The molecular formula is C12H26N4. The summed E-state index contributed by atoms with van der Waals surface area (Å²) in [7, 11) is 3.97. The van der Waals surface area contributed by atoms with Crippen molar-refractivity contribution in [3.8, 4) is 0 Å². The Morgan fingerprint density at radius 1 is 1.38 bits per heavy atom. The van der Waals surface area contributed by atoms with Crippen molar-refractivity contribution in [2.24, 2.45) is 4.99 Å². The molecule has 0 atom stereocenters. The number of hydrogen-bond donors (Lipinski definition) is 2. The maximum Gasteiger partial charge on any atom is 0.191 e. The van der Waals surface area contributed by atoms with E-state index in [2.05, 4.69) is 34.5 Å². The number of likely N-dealkylation sites (N-methyl/N-ethyl adjacent to an activating group) is 1. The highest BCUT2D eigenvalue weighted by Crippen LogP contribution is 2.17. The highest BCUT2D eigenvalue weighted by atomic mass is 15.2. The quantitative estimate of drug-likeness (QED) is 0.544. The summed E-state index contributed by atoms with van der Waals surface area (Å²) >= 11 is 0. The molecule has 1 aliphatic rings. The maximum atomic E-state index is 4.25. The summed E-state index contributed by atoms with van der Waals surface area (Å²) in [5, 5.41) is 6.84. The lowest BCUT2D eigenvalue weighted by molar-refractivity contribution is 0.357. The van der Waals surface area contributed by atoms with Gasteiger partial charge >= 0.3 is 0 Å². The van der Waals surface area contributed by atoms with E-state index in [4.69, 9.17) is 0 Å². The molecule has 0 aromatic heterocycles. The van der Waals surface area contributed by atoms with Gasteiger partial charge in [-0.25, -0.2) is 0 Å². The standard InChI is InChI=1S/C12H26N4/c1-4-16(3)10-9-14-12(13-2)15-11-7-5-6-8-11/h11H,4-10H2,1-3H3,(H2,13,14,15). The molecule has 0 bridgehead atoms. The molecule has 4 nitrogen and oxygen atoms in total. The predicted octanol–water partition coefficient (Wildman–Crippen LogP) is 1.05. The van der Waals surface area contributed by atoms with Crippen LogP contribution in [0.5, 0.6) is 0 Å². The fourth-order valence-corrected chi connectivity index (χ4v) is 1.98. The van der Waals surface area contributed by atoms with E-state index in [0.717, 1.165) is 25.6 Å². The molecule has 0 radical (unpaired) electrons. The van der Waals surface area contributed by atoms with Crippen LogP contribution >= 0.6 is 0 Å². The van der Waals surface area contributed by atoms with E-state index in [-0.39, 0.29) is 0 Å². The summed E-state index contributed by atoms with van der Waals surface area (Å²) in [4.78, 5) is 6.54. The molecule has 0 unspecified atom stereocenters. The van der Waals surface area contributed by atoms with Crippen molar-refractivity contribution in [1.29, 1.82) is 0 Å². The van der Waals surface area contributed by atoms with Crippen molar-refractivity contribution in [3.63, 3.8) is 0 Å². The van der Waals surface area contributed by atoms with E-state index in [1.165, 1.54) is 25.7 Å². The molecule has 0 heterocycles. The first-order chi connectivity index (χ1) is 7.76. The molecule has 0 spiro atoms. The monoisotopic (exact) mass is 226 g/mol. The zero-order valence-electron chi connectivity index (χ0n) is 10.9. The first-order valence-corrected chi connectivity index (χ1v) is 6.42. The normalized spacial score (nSPS) is 18.1. The highest BCUT2D eigenvalue weighted by molar-refractivity contribution is 5.79. The molecule has 0 saturated heterocycles. The molecule has 0 aromatic carbocycles. The van der Waals surface area contributed by atoms with Crippen LogP contribution in [0.2, 0.25) is 0 Å². The number of nitrogens with one attached hydrogen (secondary N) is 2. The average molecular weight is 226 g/mol. The van der Waals surface area contributed by atoms with Crippen molar-refractivity contribution < 1.29 is 0 Å². The van der Waals surface area contributed by atoms with Gasteiger partial charge in [0.2, 0.25) is 0 Å². The second-order valence-corrected chi connectivity index (χ2v) is 4.52. The van der Waals surface area contributed by atoms with Crippen molar-refractivity contribution in [2.45, 2.75) is 38.6 Å². The average Bonchev–Trinajstić information content (AvgIpc) is 2.80. The Morgan fingerprint density at radius 3 is 2.62 bits per heavy atom. The minimum absolute atomic E-state index is 0.634. The van der Waals surface area contributed by atoms with Crippen LogP contribution in [0.25, 0.3) is 0 Å². The summed E-state index contributed by atoms with van der Waals surface area (Å²) < 4.78 is 0. The second-order valence-electron chi connectivity index (χ2n) is 4.52. The Kier molecular flexibility index (Phi) is 6.23. The van der Waals surface area contributed by atoms with Gasteiger partial charge in [0.1, 0.15) is 0 Å². The summed E-state index contributed by atoms with van der Waals surface area (Å²) in [5.41, 5.74) is 0. The van der Waals surface area contributed by atoms with Crippen LogP contribution in [0, 0.1) is 0 Å². The molecule has 16 heavy (non-hydrogen) atoms. The molecule has 0 aliphatic heterocycles. The smallest absolute Gasteiger partial charge is 0.191 e. The van der Waals surface area contributed by atoms with Crippen LogP contribution in [0.15, 0.2) is 4.99 Å². The molecule has 2 N–H and O–H groups in total. The lowest BCUT2D eigenvalue weighted by atomic mass is 10.2. The molecule has 0 aromatic rings. The van der Waals surface area contributed by atoms with E-state index in [9.17, 15) is 0 Å². The Bertz CT molecular complexity index is 209. The van der Waals surface area contributed by atoms with E-state index >= 15 is 0 Å². The van der Waals surface area contributed by atoms with Crippen LogP contribution in [-0.4, -0.2) is 50.6 Å². The molecule has 94 valence electrons. The van der Waals surface area contributed by atoms with Crippen molar-refractivity contribution in [1.82, 2.24) is 15.5 Å². The van der Waals surface area contributed by atoms with Gasteiger partial charge in [0, 0.05) is 26.2 Å². The van der Waals surface area contributed by atoms with Gasteiger partial charge in [0.15, 0.2) is 5.96 Å². The van der Waals surface area contributed by atoms with Crippen molar-refractivity contribution in [2.75, 3.05) is 33.7 Å². The SMILES string of the molecule is CCN(C)CCNC(=NC)NC1CCCC1. The number of rotatable bonds is 5. The van der Waals surface area contributed by atoms with Gasteiger partial charge in [-0.3, -0.25) is 4.99 Å². The fraction of sp³-hybridized carbons (Fsp3) is 0.917. The van der Waals surface area contributed by atoms with E-state index in [1.54, 1.807) is 0 Å². The van der Waals surface area contributed by atoms with Crippen LogP contribution in [0.4, 0.5) is 0 Å². The van der Waals surface area contributed by atoms with Gasteiger partial charge < -0.3 is 15.5 Å². The third-order valence-electron chi connectivity index (χ3n) is 3.25. The molecular weight excluding hydrogens is 200 g/mol. The Morgan fingerprint density at radius 2 is 2.06 bits per heavy atom. The molecule has 1 saturated carbocycles. The fourth-order valence-electron chi connectivity index (χ4n) is 1.98. The topological polar surface area (TPSA) is 39.7 Å². The third kappa shape index (κ3) is 4.84. The van der Waals surface area contributed by atoms with Gasteiger partial charge in [-0.2, -0.15) is 0 Å². The summed E-state index contributed by atoms with van der Waals surface area (Å²) in [6.45, 7) is 5.28. The summed E-state index contributed by atoms with van der Waals surface area (Å²) in [6, 6.07) is 0.634. The van der Waals surface area contributed by atoms with Crippen LogP contribution in [0.1, 0.15) is 32.6 Å². The maximum absolute atomic E-state index is 4.25. The largest absolute Gasteiger partial charge is 0.355 e. The lowest BCUT2D eigenvalue weighted by Crippen LogP contribution is -2.44. The summed E-state index contributed by atoms with van der Waals surface area (Å²) in [6.07, 6.45) is 5.28. The zero-order chi connectivity index (χ0) is 11.8. The second kappa shape index (κ2) is 7.49. The molecule has 1 fully saturated rings. The van der Waals surface area contributed by atoms with Gasteiger partial charge in [0.25, 0.3) is 0 Å². The van der Waals surface area contributed by atoms with Crippen molar-refractivity contribution in [3.05, 3.63) is 0 Å². The highest BCUT2D eigenvalue weighted by Gasteiger charge is 2.15. The number of guanidine groups is 1. The third-order valence-corrected chi connectivity index (χ3v) is 3.25. The van der Waals surface area contributed by atoms with Gasteiger partial charge in [-0.05, 0) is 26.4 Å². The predicted molar refractivity (Wildman–Crippen MR) is 69.9 cm³/mol. The Labute approximate surface area is 99.5 Å². The summed E-state index contributed by atoms with van der Waals surface area (Å²) in [5.74, 6) is 0.955. The lowest BCUT2D eigenvalue weighted by Gasteiger charge is -2.19. The van der Waals surface area contributed by atoms with Gasteiger partial charge in [-0.15, -0.1) is 0 Å². The van der Waals surface area contributed by atoms with E-state index < -0.39 is 0 Å². The van der Waals surface area contributed by atoms with E-state index in [0.29, 0.717) is 6.04 Å². The molecule has 0 amide bonds. The number of nitrogens with zero attached hydrogens (tertiary/aromatic N) is 2. The number of hydrogen-bond acceptors (Lipinski definition) is 2. The Balaban J connectivity index is 2.16. The van der Waals surface area contributed by atoms with Crippen LogP contribution < -0.4 is 10.6 Å². The molecule has 4 heteroatoms. The molecule has 1 rings (SSSR count). The first kappa shape index (κ1) is 13.3. The van der Waals surface area contributed by atoms with Crippen LogP contribution in [-0.2, 0) is 0 Å². The number of aliphatic imine (C=N–C) groups is 1. The van der Waals surface area contributed by atoms with Crippen LogP contribution in [0.3, 0.4) is 0 Å². The Hall–Kier alpha value is -0.770. The molecule has 1 aliphatic carbocycles. The minimum Gasteiger partial charge on any atom is -0.355 e. The van der Waals surface area contributed by atoms with Crippen molar-refractivity contribution >= 4 is 5.96 Å². The van der Waals surface area contributed by atoms with Gasteiger partial charge in [-0.1, -0.05) is 19.8 Å². The van der Waals surface area contributed by atoms with E-state index in [1.807, 2.05) is 7.05 Å².